The van der Waals surface area contributed by atoms with Crippen molar-refractivity contribution in [1.82, 2.24) is 5.32 Å². The average Bonchev–Trinajstić information content (AvgIpc) is 2.85. The van der Waals surface area contributed by atoms with Crippen molar-refractivity contribution in [3.8, 4) is 17.6 Å². The van der Waals surface area contributed by atoms with Gasteiger partial charge in [0.25, 0.3) is 0 Å². The molecule has 0 bridgehead atoms. The van der Waals surface area contributed by atoms with Crippen LogP contribution in [0.15, 0.2) is 17.2 Å². The second-order valence-corrected chi connectivity index (χ2v) is 4.81. The quantitative estimate of drug-likeness (QED) is 0.375. The minimum atomic E-state index is -0.543. The summed E-state index contributed by atoms with van der Waals surface area (Å²) in [6.07, 6.45) is 0.978. The van der Waals surface area contributed by atoms with E-state index in [4.69, 9.17) is 15.0 Å². The summed E-state index contributed by atoms with van der Waals surface area (Å²) in [5.74, 6) is 1.46. The Morgan fingerprint density at radius 2 is 2.48 bits per heavy atom. The monoisotopic (exact) mass is 287 g/mol. The summed E-state index contributed by atoms with van der Waals surface area (Å²) in [6, 6.07) is 5.43. The number of fused-ring (bicyclic) bond motifs is 1. The highest BCUT2D eigenvalue weighted by Gasteiger charge is 2.24. The van der Waals surface area contributed by atoms with Crippen LogP contribution in [0.4, 0.5) is 0 Å². The maximum Gasteiger partial charge on any atom is 0.125 e. The molecule has 7 heteroatoms. The predicted octanol–water partition coefficient (Wildman–Crippen LogP) is 2.48. The van der Waals surface area contributed by atoms with Gasteiger partial charge < -0.3 is 9.47 Å². The molecule has 0 radical (unpaired) electrons. The maximum absolute atomic E-state index is 9.34. The van der Waals surface area contributed by atoms with E-state index in [9.17, 15) is 5.26 Å². The predicted molar refractivity (Wildman–Crippen MR) is 77.2 cm³/mol. The van der Waals surface area contributed by atoms with E-state index in [0.29, 0.717) is 12.3 Å². The van der Waals surface area contributed by atoms with Crippen LogP contribution in [-0.4, -0.2) is 26.3 Å². The number of methoxy groups -OCH3 is 1. The Kier molecular flexibility index (Phi) is 4.88. The number of nitriles is 1. The van der Waals surface area contributed by atoms with E-state index in [1.54, 1.807) is 7.11 Å². The van der Waals surface area contributed by atoms with Gasteiger partial charge in [-0.25, -0.2) is 0 Å². The van der Waals surface area contributed by atoms with E-state index in [0.717, 1.165) is 23.3 Å². The maximum atomic E-state index is 9.34. The lowest BCUT2D eigenvalue weighted by Gasteiger charge is -2.16. The van der Waals surface area contributed by atoms with Gasteiger partial charge in [0.1, 0.15) is 23.6 Å². The number of benzene rings is 1. The highest BCUT2D eigenvalue weighted by Crippen LogP contribution is 2.37. The average molecular weight is 287 g/mol. The van der Waals surface area contributed by atoms with Gasteiger partial charge >= 0.3 is 0 Å². The first-order chi connectivity index (χ1) is 10.2. The van der Waals surface area contributed by atoms with E-state index >= 15 is 0 Å². The van der Waals surface area contributed by atoms with E-state index in [-0.39, 0.29) is 12.6 Å². The number of ether oxygens (including phenoxy) is 2. The first kappa shape index (κ1) is 15.0. The van der Waals surface area contributed by atoms with Crippen LogP contribution in [0.2, 0.25) is 0 Å². The highest BCUT2D eigenvalue weighted by atomic mass is 16.5. The second-order valence-electron chi connectivity index (χ2n) is 4.81. The summed E-state index contributed by atoms with van der Waals surface area (Å²) in [4.78, 5) is 2.68. The first-order valence-electron chi connectivity index (χ1n) is 6.71. The molecule has 7 nitrogen and oxygen atoms in total. The zero-order valence-corrected chi connectivity index (χ0v) is 12.0. The van der Waals surface area contributed by atoms with Gasteiger partial charge in [0.05, 0.1) is 13.2 Å². The van der Waals surface area contributed by atoms with E-state index < -0.39 is 6.04 Å². The third-order valence-corrected chi connectivity index (χ3v) is 3.31. The summed E-state index contributed by atoms with van der Waals surface area (Å²) in [5.41, 5.74) is 10.1. The Bertz CT molecular complexity index is 604. The molecular weight excluding hydrogens is 270 g/mol. The van der Waals surface area contributed by atoms with Crippen molar-refractivity contribution >= 4 is 0 Å². The van der Waals surface area contributed by atoms with Crippen molar-refractivity contribution in [3.05, 3.63) is 33.7 Å². The molecule has 1 aliphatic rings. The van der Waals surface area contributed by atoms with Crippen molar-refractivity contribution in [1.29, 1.82) is 5.26 Å². The summed E-state index contributed by atoms with van der Waals surface area (Å²) in [6.45, 7) is 2.71. The molecule has 0 saturated carbocycles. The molecule has 0 spiro atoms. The van der Waals surface area contributed by atoms with Gasteiger partial charge in [0, 0.05) is 35.5 Å². The van der Waals surface area contributed by atoms with Crippen molar-refractivity contribution in [2.24, 2.45) is 5.11 Å². The summed E-state index contributed by atoms with van der Waals surface area (Å²) >= 11 is 0. The Balaban J connectivity index is 2.22. The topological polar surface area (TPSA) is 103 Å². The highest BCUT2D eigenvalue weighted by molar-refractivity contribution is 5.51. The largest absolute Gasteiger partial charge is 0.496 e. The number of nitrogens with one attached hydrogen (secondary N) is 1. The molecule has 0 amide bonds. The van der Waals surface area contributed by atoms with Crippen LogP contribution in [0.3, 0.4) is 0 Å². The molecule has 0 saturated heterocycles. The first-order valence-corrected chi connectivity index (χ1v) is 6.71. The van der Waals surface area contributed by atoms with E-state index in [2.05, 4.69) is 21.4 Å². The van der Waals surface area contributed by atoms with Crippen molar-refractivity contribution < 1.29 is 9.47 Å². The molecule has 1 N–H and O–H groups in total. The minimum absolute atomic E-state index is 0.137. The van der Waals surface area contributed by atoms with Gasteiger partial charge in [-0.05, 0) is 24.6 Å². The molecule has 1 aromatic rings. The molecule has 2 atom stereocenters. The molecule has 110 valence electrons. The normalized spacial score (nSPS) is 17.1. The van der Waals surface area contributed by atoms with Gasteiger partial charge in [-0.3, -0.25) is 5.32 Å². The molecule has 1 heterocycles. The van der Waals surface area contributed by atoms with Crippen LogP contribution in [0.5, 0.6) is 11.5 Å². The fourth-order valence-corrected chi connectivity index (χ4v) is 2.39. The van der Waals surface area contributed by atoms with Crippen molar-refractivity contribution in [2.75, 3.05) is 20.2 Å². The lowest BCUT2D eigenvalue weighted by molar-refractivity contribution is 0.254. The van der Waals surface area contributed by atoms with Crippen molar-refractivity contribution in [3.63, 3.8) is 0 Å². The zero-order valence-electron chi connectivity index (χ0n) is 12.0. The number of hydrogen-bond donors (Lipinski definition) is 1. The summed E-state index contributed by atoms with van der Waals surface area (Å²) in [5, 5.41) is 15.8. The van der Waals surface area contributed by atoms with E-state index in [1.807, 2.05) is 19.1 Å². The fraction of sp³-hybridized carbons (Fsp3) is 0.500. The SMILES string of the molecule is COc1cc2c(cc1C(C#N)NCCN=[N+]=[N-])OC(C)C2. The number of hydrogen-bond acceptors (Lipinski definition) is 5. The number of nitrogens with zero attached hydrogens (tertiary/aromatic N) is 4. The fourth-order valence-electron chi connectivity index (χ4n) is 2.39. The van der Waals surface area contributed by atoms with Crippen molar-refractivity contribution in [2.45, 2.75) is 25.5 Å². The lowest BCUT2D eigenvalue weighted by atomic mass is 10.0. The Labute approximate surface area is 123 Å². The number of azide groups is 1. The van der Waals surface area contributed by atoms with Crippen LogP contribution >= 0.6 is 0 Å². The van der Waals surface area contributed by atoms with E-state index in [1.165, 1.54) is 0 Å². The molecule has 1 aliphatic heterocycles. The molecule has 1 aromatic carbocycles. The summed E-state index contributed by atoms with van der Waals surface area (Å²) < 4.78 is 11.1. The van der Waals surface area contributed by atoms with Gasteiger partial charge in [0.15, 0.2) is 0 Å². The zero-order chi connectivity index (χ0) is 15.2. The summed E-state index contributed by atoms with van der Waals surface area (Å²) in [7, 11) is 1.58. The van der Waals surface area contributed by atoms with Crippen LogP contribution < -0.4 is 14.8 Å². The van der Waals surface area contributed by atoms with Crippen LogP contribution in [0, 0.1) is 11.3 Å². The molecule has 0 aromatic heterocycles. The Hall–Kier alpha value is -2.42. The van der Waals surface area contributed by atoms with Gasteiger partial charge in [-0.2, -0.15) is 5.26 Å². The minimum Gasteiger partial charge on any atom is -0.496 e. The van der Waals surface area contributed by atoms with Gasteiger partial charge in [-0.1, -0.05) is 5.11 Å². The molecule has 2 rings (SSSR count). The molecule has 0 fully saturated rings. The third kappa shape index (κ3) is 3.37. The van der Waals surface area contributed by atoms with Gasteiger partial charge in [0.2, 0.25) is 0 Å². The van der Waals surface area contributed by atoms with Crippen LogP contribution in [0.1, 0.15) is 24.1 Å². The Morgan fingerprint density at radius 1 is 1.67 bits per heavy atom. The molecule has 21 heavy (non-hydrogen) atoms. The Morgan fingerprint density at radius 3 is 3.14 bits per heavy atom. The standard InChI is InChI=1S/C14H17N5O2/c1-9-5-10-6-14(20-2)11(7-13(10)21-9)12(8-15)17-3-4-18-19-16/h6-7,9,12,17H,3-5H2,1-2H3. The van der Waals surface area contributed by atoms with Gasteiger partial charge in [-0.15, -0.1) is 0 Å². The van der Waals surface area contributed by atoms with Crippen LogP contribution in [0.25, 0.3) is 10.4 Å². The lowest BCUT2D eigenvalue weighted by Crippen LogP contribution is -2.23. The smallest absolute Gasteiger partial charge is 0.125 e. The third-order valence-electron chi connectivity index (χ3n) is 3.31. The van der Waals surface area contributed by atoms with Crippen LogP contribution in [-0.2, 0) is 6.42 Å². The number of rotatable bonds is 6. The second kappa shape index (κ2) is 6.84. The molecule has 0 aliphatic carbocycles. The molecular formula is C14H17N5O2. The molecule has 2 unspecified atom stereocenters.